The van der Waals surface area contributed by atoms with Gasteiger partial charge in [-0.1, -0.05) is 36.4 Å². The molecule has 0 bridgehead atoms. The summed E-state index contributed by atoms with van der Waals surface area (Å²) in [6, 6.07) is 18.0. The quantitative estimate of drug-likeness (QED) is 0.767. The molecule has 5 rings (SSSR count). The number of fused-ring (bicyclic) bond motifs is 1. The molecule has 1 unspecified atom stereocenters. The molecule has 1 amide bonds. The standard InChI is InChI=1S/C22H23N5O/c28-22(20-14-24-27(25-20)17-6-2-1-3-7-17)26-15-19(16-10-12-23-13-11-16)18-8-4-5-9-21(18)26/h1-9,14,16,19,23H,10-13,15H2. The zero-order chi connectivity index (χ0) is 18.9. The van der Waals surface area contributed by atoms with Crippen molar-refractivity contribution in [3.05, 3.63) is 72.1 Å². The molecule has 1 aromatic heterocycles. The summed E-state index contributed by atoms with van der Waals surface area (Å²) in [5.41, 5.74) is 3.53. The third-order valence-electron chi connectivity index (χ3n) is 5.90. The van der Waals surface area contributed by atoms with Crippen LogP contribution >= 0.6 is 0 Å². The summed E-state index contributed by atoms with van der Waals surface area (Å²) in [6.07, 6.45) is 3.88. The molecule has 3 heterocycles. The lowest BCUT2D eigenvalue weighted by atomic mass is 9.82. The summed E-state index contributed by atoms with van der Waals surface area (Å²) in [4.78, 5) is 16.7. The number of aromatic nitrogens is 3. The molecule has 2 aromatic carbocycles. The number of benzene rings is 2. The molecule has 142 valence electrons. The normalized spacial score (nSPS) is 19.6. The second kappa shape index (κ2) is 7.20. The third kappa shape index (κ3) is 2.99. The maximum atomic E-state index is 13.3. The number of hydrogen-bond acceptors (Lipinski definition) is 4. The van der Waals surface area contributed by atoms with Gasteiger partial charge in [-0.2, -0.15) is 9.90 Å². The van der Waals surface area contributed by atoms with E-state index >= 15 is 0 Å². The van der Waals surface area contributed by atoms with Gasteiger partial charge in [0.15, 0.2) is 5.69 Å². The second-order valence-corrected chi connectivity index (χ2v) is 7.52. The maximum absolute atomic E-state index is 13.3. The van der Waals surface area contributed by atoms with Gasteiger partial charge in [0.2, 0.25) is 0 Å². The summed E-state index contributed by atoms with van der Waals surface area (Å²) >= 11 is 0. The molecule has 0 radical (unpaired) electrons. The lowest BCUT2D eigenvalue weighted by Gasteiger charge is -2.28. The number of hydrogen-bond donors (Lipinski definition) is 1. The van der Waals surface area contributed by atoms with E-state index in [4.69, 9.17) is 0 Å². The molecule has 6 heteroatoms. The number of anilines is 1. The lowest BCUT2D eigenvalue weighted by molar-refractivity contribution is 0.0981. The van der Waals surface area contributed by atoms with E-state index in [0.717, 1.165) is 43.9 Å². The highest BCUT2D eigenvalue weighted by molar-refractivity contribution is 6.06. The minimum Gasteiger partial charge on any atom is -0.317 e. The van der Waals surface area contributed by atoms with Crippen molar-refractivity contribution >= 4 is 11.6 Å². The third-order valence-corrected chi connectivity index (χ3v) is 5.90. The van der Waals surface area contributed by atoms with Crippen LogP contribution in [0.15, 0.2) is 60.8 Å². The fourth-order valence-corrected chi connectivity index (χ4v) is 4.47. The summed E-state index contributed by atoms with van der Waals surface area (Å²) in [6.45, 7) is 2.84. The van der Waals surface area contributed by atoms with Crippen LogP contribution in [-0.4, -0.2) is 40.5 Å². The van der Waals surface area contributed by atoms with E-state index in [2.05, 4.69) is 33.7 Å². The zero-order valence-corrected chi connectivity index (χ0v) is 15.7. The number of rotatable bonds is 3. The van der Waals surface area contributed by atoms with Crippen molar-refractivity contribution in [1.82, 2.24) is 20.3 Å². The maximum Gasteiger partial charge on any atom is 0.280 e. The predicted octanol–water partition coefficient (Wildman–Crippen LogP) is 3.01. The van der Waals surface area contributed by atoms with E-state index in [1.165, 1.54) is 10.4 Å². The largest absolute Gasteiger partial charge is 0.317 e. The molecule has 2 aliphatic rings. The summed E-state index contributed by atoms with van der Waals surface area (Å²) in [7, 11) is 0. The van der Waals surface area contributed by atoms with Crippen LogP contribution in [-0.2, 0) is 0 Å². The van der Waals surface area contributed by atoms with Crippen LogP contribution in [0.1, 0.15) is 34.8 Å². The summed E-state index contributed by atoms with van der Waals surface area (Å²) in [5.74, 6) is 0.928. The zero-order valence-electron chi connectivity index (χ0n) is 15.7. The Morgan fingerprint density at radius 2 is 1.75 bits per heavy atom. The highest BCUT2D eigenvalue weighted by atomic mass is 16.2. The van der Waals surface area contributed by atoms with E-state index in [-0.39, 0.29) is 5.91 Å². The number of piperidine rings is 1. The molecule has 6 nitrogen and oxygen atoms in total. The minimum atomic E-state index is -0.0777. The van der Waals surface area contributed by atoms with Crippen molar-refractivity contribution in [3.8, 4) is 5.69 Å². The van der Waals surface area contributed by atoms with Crippen LogP contribution in [0.4, 0.5) is 5.69 Å². The number of carbonyl (C=O) groups excluding carboxylic acids is 1. The molecule has 2 aliphatic heterocycles. The van der Waals surface area contributed by atoms with E-state index < -0.39 is 0 Å². The van der Waals surface area contributed by atoms with Gasteiger partial charge < -0.3 is 10.2 Å². The fourth-order valence-electron chi connectivity index (χ4n) is 4.47. The lowest BCUT2D eigenvalue weighted by Crippen LogP contribution is -2.35. The monoisotopic (exact) mass is 373 g/mol. The van der Waals surface area contributed by atoms with Crippen molar-refractivity contribution < 1.29 is 4.79 Å². The summed E-state index contributed by atoms with van der Waals surface area (Å²) in [5, 5.41) is 12.2. The Hall–Kier alpha value is -2.99. The van der Waals surface area contributed by atoms with Gasteiger partial charge in [0.25, 0.3) is 5.91 Å². The molecule has 0 saturated carbocycles. The van der Waals surface area contributed by atoms with Gasteiger partial charge >= 0.3 is 0 Å². The first kappa shape index (κ1) is 17.1. The number of nitrogens with zero attached hydrogens (tertiary/aromatic N) is 4. The van der Waals surface area contributed by atoms with Gasteiger partial charge in [0.05, 0.1) is 11.9 Å². The number of carbonyl (C=O) groups is 1. The summed E-state index contributed by atoms with van der Waals surface area (Å²) < 4.78 is 0. The highest BCUT2D eigenvalue weighted by Gasteiger charge is 2.37. The van der Waals surface area contributed by atoms with Crippen LogP contribution in [0, 0.1) is 5.92 Å². The minimum absolute atomic E-state index is 0.0777. The molecule has 1 N–H and O–H groups in total. The van der Waals surface area contributed by atoms with Crippen LogP contribution in [0.3, 0.4) is 0 Å². The molecular weight excluding hydrogens is 350 g/mol. The van der Waals surface area contributed by atoms with E-state index in [9.17, 15) is 4.79 Å². The Labute approximate surface area is 164 Å². The van der Waals surface area contributed by atoms with Crippen molar-refractivity contribution in [2.24, 2.45) is 5.92 Å². The number of amides is 1. The average Bonchev–Trinajstić information content (AvgIpc) is 3.40. The van der Waals surface area contributed by atoms with Gasteiger partial charge in [-0.05, 0) is 55.6 Å². The van der Waals surface area contributed by atoms with Crippen molar-refractivity contribution in [2.75, 3.05) is 24.5 Å². The predicted molar refractivity (Wildman–Crippen MR) is 108 cm³/mol. The fraction of sp³-hybridized carbons (Fsp3) is 0.318. The van der Waals surface area contributed by atoms with E-state index in [1.807, 2.05) is 41.3 Å². The highest BCUT2D eigenvalue weighted by Crippen LogP contribution is 2.43. The molecule has 0 aliphatic carbocycles. The van der Waals surface area contributed by atoms with Crippen LogP contribution < -0.4 is 10.2 Å². The van der Waals surface area contributed by atoms with Crippen molar-refractivity contribution in [3.63, 3.8) is 0 Å². The Balaban J connectivity index is 1.43. The van der Waals surface area contributed by atoms with Crippen LogP contribution in [0.25, 0.3) is 5.69 Å². The second-order valence-electron chi connectivity index (χ2n) is 7.52. The smallest absolute Gasteiger partial charge is 0.280 e. The van der Waals surface area contributed by atoms with Crippen molar-refractivity contribution in [1.29, 1.82) is 0 Å². The SMILES string of the molecule is O=C(c1cnn(-c2ccccc2)n1)N1CC(C2CCNCC2)c2ccccc21. The molecule has 3 aromatic rings. The van der Waals surface area contributed by atoms with E-state index in [1.54, 1.807) is 6.20 Å². The molecule has 28 heavy (non-hydrogen) atoms. The number of nitrogens with one attached hydrogen (secondary N) is 1. The Morgan fingerprint density at radius 3 is 2.57 bits per heavy atom. The Bertz CT molecular complexity index is 977. The van der Waals surface area contributed by atoms with Gasteiger partial charge in [-0.25, -0.2) is 0 Å². The first-order chi connectivity index (χ1) is 13.8. The van der Waals surface area contributed by atoms with Crippen molar-refractivity contribution in [2.45, 2.75) is 18.8 Å². The molecule has 1 fully saturated rings. The first-order valence-corrected chi connectivity index (χ1v) is 9.90. The van der Waals surface area contributed by atoms with E-state index in [0.29, 0.717) is 17.5 Å². The molecule has 1 atom stereocenters. The van der Waals surface area contributed by atoms with Gasteiger partial charge in [-0.15, -0.1) is 5.10 Å². The van der Waals surface area contributed by atoms with Gasteiger partial charge in [-0.3, -0.25) is 4.79 Å². The average molecular weight is 373 g/mol. The molecule has 0 spiro atoms. The van der Waals surface area contributed by atoms with Crippen LogP contribution in [0.2, 0.25) is 0 Å². The number of para-hydroxylation sites is 2. The van der Waals surface area contributed by atoms with Crippen LogP contribution in [0.5, 0.6) is 0 Å². The first-order valence-electron chi connectivity index (χ1n) is 9.90. The van der Waals surface area contributed by atoms with Gasteiger partial charge in [0, 0.05) is 18.2 Å². The molecule has 1 saturated heterocycles. The Morgan fingerprint density at radius 1 is 1.00 bits per heavy atom. The molecular formula is C22H23N5O. The Kier molecular flexibility index (Phi) is 4.41. The van der Waals surface area contributed by atoms with Gasteiger partial charge in [0.1, 0.15) is 0 Å². The topological polar surface area (TPSA) is 63.1 Å².